The first kappa shape index (κ1) is 14.8. The van der Waals surface area contributed by atoms with Gasteiger partial charge in [-0.1, -0.05) is 12.8 Å². The lowest BCUT2D eigenvalue weighted by Crippen LogP contribution is -2.43. The largest absolute Gasteiger partial charge is 0.389 e. The highest BCUT2D eigenvalue weighted by Gasteiger charge is 2.32. The standard InChI is InChI=1S/C14H26N2O3/c1-15(12-14(18)5-2-3-6-14)7-4-13(17)16-8-10-19-11-9-16/h18H,2-12H2,1H3. The summed E-state index contributed by atoms with van der Waals surface area (Å²) in [6.45, 7) is 4.14. The van der Waals surface area contributed by atoms with Crippen LogP contribution in [0.3, 0.4) is 0 Å². The van der Waals surface area contributed by atoms with E-state index in [9.17, 15) is 9.90 Å². The average Bonchev–Trinajstić information content (AvgIpc) is 2.83. The van der Waals surface area contributed by atoms with Gasteiger partial charge in [-0.15, -0.1) is 0 Å². The van der Waals surface area contributed by atoms with E-state index in [2.05, 4.69) is 4.90 Å². The summed E-state index contributed by atoms with van der Waals surface area (Å²) in [7, 11) is 1.99. The van der Waals surface area contributed by atoms with Crippen molar-refractivity contribution in [1.29, 1.82) is 0 Å². The lowest BCUT2D eigenvalue weighted by Gasteiger charge is -2.30. The third-order valence-electron chi connectivity index (χ3n) is 4.17. The molecule has 5 nitrogen and oxygen atoms in total. The van der Waals surface area contributed by atoms with Gasteiger partial charge in [-0.05, 0) is 19.9 Å². The molecule has 1 aliphatic heterocycles. The normalized spacial score (nSPS) is 23.0. The van der Waals surface area contributed by atoms with Crippen molar-refractivity contribution < 1.29 is 14.6 Å². The van der Waals surface area contributed by atoms with Crippen molar-refractivity contribution in [3.63, 3.8) is 0 Å². The third-order valence-corrected chi connectivity index (χ3v) is 4.17. The smallest absolute Gasteiger partial charge is 0.224 e. The van der Waals surface area contributed by atoms with E-state index < -0.39 is 5.60 Å². The number of aliphatic hydroxyl groups is 1. The van der Waals surface area contributed by atoms with Crippen LogP contribution in [0.2, 0.25) is 0 Å². The van der Waals surface area contributed by atoms with Gasteiger partial charge in [0.15, 0.2) is 0 Å². The van der Waals surface area contributed by atoms with E-state index in [1.165, 1.54) is 0 Å². The molecule has 0 aromatic heterocycles. The van der Waals surface area contributed by atoms with Crippen molar-refractivity contribution >= 4 is 5.91 Å². The Balaban J connectivity index is 1.67. The zero-order valence-corrected chi connectivity index (χ0v) is 11.9. The second-order valence-corrected chi connectivity index (χ2v) is 5.91. The molecule has 1 saturated heterocycles. The fraction of sp³-hybridized carbons (Fsp3) is 0.929. The molecule has 1 heterocycles. The summed E-state index contributed by atoms with van der Waals surface area (Å²) in [6, 6.07) is 0. The van der Waals surface area contributed by atoms with Crippen molar-refractivity contribution in [3.8, 4) is 0 Å². The second kappa shape index (κ2) is 6.68. The van der Waals surface area contributed by atoms with Crippen LogP contribution in [0.1, 0.15) is 32.1 Å². The molecule has 0 unspecified atom stereocenters. The zero-order chi connectivity index (χ0) is 13.7. The van der Waals surface area contributed by atoms with Crippen molar-refractivity contribution in [2.75, 3.05) is 46.4 Å². The van der Waals surface area contributed by atoms with Crippen molar-refractivity contribution in [1.82, 2.24) is 9.80 Å². The second-order valence-electron chi connectivity index (χ2n) is 5.91. The van der Waals surface area contributed by atoms with Crippen LogP contribution in [0.4, 0.5) is 0 Å². The minimum absolute atomic E-state index is 0.202. The number of hydrogen-bond donors (Lipinski definition) is 1. The number of hydrogen-bond acceptors (Lipinski definition) is 4. The molecule has 110 valence electrons. The fourth-order valence-electron chi connectivity index (χ4n) is 3.03. The number of nitrogens with zero attached hydrogens (tertiary/aromatic N) is 2. The maximum absolute atomic E-state index is 12.0. The molecular weight excluding hydrogens is 244 g/mol. The molecule has 2 fully saturated rings. The maximum atomic E-state index is 12.0. The van der Waals surface area contributed by atoms with Crippen LogP contribution in [0.5, 0.6) is 0 Å². The first-order valence-electron chi connectivity index (χ1n) is 7.36. The molecule has 0 radical (unpaired) electrons. The molecule has 19 heavy (non-hydrogen) atoms. The monoisotopic (exact) mass is 270 g/mol. The average molecular weight is 270 g/mol. The Bertz CT molecular complexity index is 297. The summed E-state index contributed by atoms with van der Waals surface area (Å²) in [4.78, 5) is 16.0. The molecule has 1 N–H and O–H groups in total. The molecule has 0 atom stereocenters. The van der Waals surface area contributed by atoms with Crippen LogP contribution in [-0.4, -0.2) is 72.9 Å². The molecule has 0 aromatic carbocycles. The van der Waals surface area contributed by atoms with E-state index in [0.717, 1.165) is 32.2 Å². The van der Waals surface area contributed by atoms with E-state index in [0.29, 0.717) is 39.3 Å². The Morgan fingerprint density at radius 1 is 1.32 bits per heavy atom. The van der Waals surface area contributed by atoms with E-state index in [1.807, 2.05) is 11.9 Å². The van der Waals surface area contributed by atoms with E-state index in [1.54, 1.807) is 0 Å². The van der Waals surface area contributed by atoms with Crippen LogP contribution < -0.4 is 0 Å². The van der Waals surface area contributed by atoms with Gasteiger partial charge in [0.05, 0.1) is 18.8 Å². The maximum Gasteiger partial charge on any atom is 0.224 e. The van der Waals surface area contributed by atoms with Gasteiger partial charge >= 0.3 is 0 Å². The van der Waals surface area contributed by atoms with Gasteiger partial charge in [-0.25, -0.2) is 0 Å². The number of rotatable bonds is 5. The van der Waals surface area contributed by atoms with Crippen molar-refractivity contribution in [3.05, 3.63) is 0 Å². The summed E-state index contributed by atoms with van der Waals surface area (Å²) in [5, 5.41) is 10.3. The Labute approximate surface area is 115 Å². The number of likely N-dealkylation sites (N-methyl/N-ethyl adjacent to an activating group) is 1. The number of ether oxygens (including phenoxy) is 1. The van der Waals surface area contributed by atoms with Crippen molar-refractivity contribution in [2.45, 2.75) is 37.7 Å². The molecule has 2 rings (SSSR count). The van der Waals surface area contributed by atoms with Crippen LogP contribution in [-0.2, 0) is 9.53 Å². The summed E-state index contributed by atoms with van der Waals surface area (Å²) in [5.74, 6) is 0.202. The molecule has 1 saturated carbocycles. The summed E-state index contributed by atoms with van der Waals surface area (Å²) < 4.78 is 5.24. The van der Waals surface area contributed by atoms with Gasteiger partial charge in [0.2, 0.25) is 5.91 Å². The highest BCUT2D eigenvalue weighted by atomic mass is 16.5. The first-order valence-corrected chi connectivity index (χ1v) is 7.36. The topological polar surface area (TPSA) is 53.0 Å². The van der Waals surface area contributed by atoms with Crippen LogP contribution >= 0.6 is 0 Å². The highest BCUT2D eigenvalue weighted by Crippen LogP contribution is 2.29. The zero-order valence-electron chi connectivity index (χ0n) is 11.9. The van der Waals surface area contributed by atoms with E-state index in [4.69, 9.17) is 4.74 Å². The number of carbonyl (C=O) groups is 1. The lowest BCUT2D eigenvalue weighted by atomic mass is 10.0. The Hall–Kier alpha value is -0.650. The molecule has 5 heteroatoms. The number of carbonyl (C=O) groups excluding carboxylic acids is 1. The highest BCUT2D eigenvalue weighted by molar-refractivity contribution is 5.76. The van der Waals surface area contributed by atoms with Gasteiger partial charge < -0.3 is 19.6 Å². The van der Waals surface area contributed by atoms with Crippen LogP contribution in [0, 0.1) is 0 Å². The molecule has 2 aliphatic rings. The minimum Gasteiger partial charge on any atom is -0.389 e. The molecule has 0 aromatic rings. The molecule has 1 aliphatic carbocycles. The van der Waals surface area contributed by atoms with Gasteiger partial charge in [0, 0.05) is 32.6 Å². The first-order chi connectivity index (χ1) is 9.09. The molecule has 0 spiro atoms. The predicted octanol–water partition coefficient (Wildman–Crippen LogP) is 0.472. The van der Waals surface area contributed by atoms with Crippen molar-refractivity contribution in [2.24, 2.45) is 0 Å². The molecular formula is C14H26N2O3. The Morgan fingerprint density at radius 3 is 2.58 bits per heavy atom. The Morgan fingerprint density at radius 2 is 1.95 bits per heavy atom. The van der Waals surface area contributed by atoms with Crippen LogP contribution in [0.25, 0.3) is 0 Å². The lowest BCUT2D eigenvalue weighted by molar-refractivity contribution is -0.135. The minimum atomic E-state index is -0.517. The number of morpholine rings is 1. The fourth-order valence-corrected chi connectivity index (χ4v) is 3.03. The summed E-state index contributed by atoms with van der Waals surface area (Å²) >= 11 is 0. The summed E-state index contributed by atoms with van der Waals surface area (Å²) in [6.07, 6.45) is 4.57. The van der Waals surface area contributed by atoms with Gasteiger partial charge in [-0.2, -0.15) is 0 Å². The summed E-state index contributed by atoms with van der Waals surface area (Å²) in [5.41, 5.74) is -0.517. The Kier molecular flexibility index (Phi) is 5.19. The van der Waals surface area contributed by atoms with Gasteiger partial charge in [0.1, 0.15) is 0 Å². The van der Waals surface area contributed by atoms with E-state index in [-0.39, 0.29) is 5.91 Å². The van der Waals surface area contributed by atoms with Crippen LogP contribution in [0.15, 0.2) is 0 Å². The van der Waals surface area contributed by atoms with Gasteiger partial charge in [0.25, 0.3) is 0 Å². The predicted molar refractivity (Wildman–Crippen MR) is 72.9 cm³/mol. The van der Waals surface area contributed by atoms with Gasteiger partial charge in [-0.3, -0.25) is 4.79 Å². The quantitative estimate of drug-likeness (QED) is 0.789. The molecule has 1 amide bonds. The third kappa shape index (κ3) is 4.44. The SMILES string of the molecule is CN(CCC(=O)N1CCOCC1)CC1(O)CCCC1. The van der Waals surface area contributed by atoms with E-state index >= 15 is 0 Å². The number of amides is 1. The molecule has 0 bridgehead atoms.